The van der Waals surface area contributed by atoms with Gasteiger partial charge in [0.25, 0.3) is 5.24 Å². The summed E-state index contributed by atoms with van der Waals surface area (Å²) in [5.41, 5.74) is 4.96. The van der Waals surface area contributed by atoms with Gasteiger partial charge in [-0.25, -0.2) is 4.79 Å². The molecule has 0 aliphatic rings. The highest BCUT2D eigenvalue weighted by atomic mass is 32.2. The number of carboxylic acids is 1. The van der Waals surface area contributed by atoms with Crippen molar-refractivity contribution in [2.24, 2.45) is 5.73 Å². The van der Waals surface area contributed by atoms with Crippen LogP contribution in [0.4, 0.5) is 4.79 Å². The summed E-state index contributed by atoms with van der Waals surface area (Å²) >= 11 is 0.858. The fourth-order valence-corrected chi connectivity index (χ4v) is 2.15. The second-order valence-electron chi connectivity index (χ2n) is 4.11. The smallest absolute Gasteiger partial charge is 0.326 e. The van der Waals surface area contributed by atoms with Gasteiger partial charge in [-0.1, -0.05) is 0 Å². The minimum atomic E-state index is -1.21. The molecule has 0 aromatic heterocycles. The Balaban J connectivity index is 2.56. The van der Waals surface area contributed by atoms with E-state index < -0.39 is 23.2 Å². The Hall–Kier alpha value is -2.22. The van der Waals surface area contributed by atoms with E-state index in [0.29, 0.717) is 10.6 Å². The first kappa shape index (κ1) is 16.8. The molecule has 0 spiro atoms. The maximum Gasteiger partial charge on any atom is 0.326 e. The molecule has 0 heterocycles. The molecule has 1 aromatic rings. The number of benzene rings is 1. The van der Waals surface area contributed by atoms with E-state index in [-0.39, 0.29) is 12.8 Å². The van der Waals surface area contributed by atoms with Crippen LogP contribution in [-0.4, -0.2) is 35.4 Å². The number of hydrogen-bond donors (Lipinski definition) is 3. The lowest BCUT2D eigenvalue weighted by molar-refractivity contribution is -0.139. The summed E-state index contributed by atoms with van der Waals surface area (Å²) in [4.78, 5) is 34.1. The Morgan fingerprint density at radius 3 is 2.43 bits per heavy atom. The zero-order valence-corrected chi connectivity index (χ0v) is 12.2. The second-order valence-corrected chi connectivity index (χ2v) is 5.15. The fourth-order valence-electron chi connectivity index (χ4n) is 1.47. The quantitative estimate of drug-likeness (QED) is 0.651. The highest BCUT2D eigenvalue weighted by molar-refractivity contribution is 8.13. The SMILES string of the molecule is COc1ccc(SC(=O)N[C@@H](CCC(N)=O)C(=O)O)cc1. The van der Waals surface area contributed by atoms with E-state index in [1.54, 1.807) is 24.3 Å². The minimum absolute atomic E-state index is 0.0421. The van der Waals surface area contributed by atoms with Crippen LogP contribution >= 0.6 is 11.8 Å². The summed E-state index contributed by atoms with van der Waals surface area (Å²) in [6, 6.07) is 5.61. The molecule has 1 atom stereocenters. The molecule has 2 amide bonds. The van der Waals surface area contributed by atoms with Crippen LogP contribution in [0.25, 0.3) is 0 Å². The Kier molecular flexibility index (Phi) is 6.54. The summed E-state index contributed by atoms with van der Waals surface area (Å²) in [7, 11) is 1.53. The Labute approximate surface area is 125 Å². The van der Waals surface area contributed by atoms with Crippen molar-refractivity contribution in [3.63, 3.8) is 0 Å². The molecule has 7 nitrogen and oxygen atoms in total. The molecule has 0 bridgehead atoms. The number of aliphatic carboxylic acids is 1. The molecular weight excluding hydrogens is 296 g/mol. The number of hydrogen-bond acceptors (Lipinski definition) is 5. The summed E-state index contributed by atoms with van der Waals surface area (Å²) < 4.78 is 4.99. The van der Waals surface area contributed by atoms with E-state index in [0.717, 1.165) is 11.8 Å². The molecule has 0 saturated heterocycles. The van der Waals surface area contributed by atoms with Crippen LogP contribution in [-0.2, 0) is 9.59 Å². The van der Waals surface area contributed by atoms with E-state index in [2.05, 4.69) is 5.32 Å². The van der Waals surface area contributed by atoms with Crippen molar-refractivity contribution in [1.29, 1.82) is 0 Å². The van der Waals surface area contributed by atoms with Crippen molar-refractivity contribution in [2.45, 2.75) is 23.8 Å². The van der Waals surface area contributed by atoms with Crippen LogP contribution < -0.4 is 15.8 Å². The van der Waals surface area contributed by atoms with Gasteiger partial charge in [-0.3, -0.25) is 9.59 Å². The molecule has 21 heavy (non-hydrogen) atoms. The number of nitrogens with two attached hydrogens (primary N) is 1. The van der Waals surface area contributed by atoms with Crippen LogP contribution in [0.3, 0.4) is 0 Å². The Morgan fingerprint density at radius 2 is 1.95 bits per heavy atom. The van der Waals surface area contributed by atoms with Crippen LogP contribution in [0.5, 0.6) is 5.75 Å². The molecule has 8 heteroatoms. The molecular formula is C13H16N2O5S. The van der Waals surface area contributed by atoms with Crippen LogP contribution in [0.2, 0.25) is 0 Å². The summed E-state index contributed by atoms with van der Waals surface area (Å²) in [6.45, 7) is 0. The fraction of sp³-hybridized carbons (Fsp3) is 0.308. The molecule has 1 rings (SSSR count). The van der Waals surface area contributed by atoms with E-state index in [4.69, 9.17) is 15.6 Å². The van der Waals surface area contributed by atoms with E-state index in [1.807, 2.05) is 0 Å². The summed E-state index contributed by atoms with van der Waals surface area (Å²) in [5.74, 6) is -1.16. The van der Waals surface area contributed by atoms with Gasteiger partial charge in [0, 0.05) is 11.3 Å². The molecule has 1 aromatic carbocycles. The molecule has 4 N–H and O–H groups in total. The topological polar surface area (TPSA) is 119 Å². The van der Waals surface area contributed by atoms with Crippen molar-refractivity contribution in [3.05, 3.63) is 24.3 Å². The Morgan fingerprint density at radius 1 is 1.33 bits per heavy atom. The van der Waals surface area contributed by atoms with E-state index >= 15 is 0 Å². The Bertz CT molecular complexity index is 518. The van der Waals surface area contributed by atoms with Crippen LogP contribution in [0, 0.1) is 0 Å². The number of carbonyl (C=O) groups is 3. The second kappa shape index (κ2) is 8.15. The number of carboxylic acid groups (broad SMARTS) is 1. The highest BCUT2D eigenvalue weighted by Crippen LogP contribution is 2.22. The number of carbonyl (C=O) groups excluding carboxylic acids is 2. The number of methoxy groups -OCH3 is 1. The van der Waals surface area contributed by atoms with Gasteiger partial charge in [0.1, 0.15) is 11.8 Å². The summed E-state index contributed by atoms with van der Waals surface area (Å²) in [6.07, 6.45) is -0.149. The van der Waals surface area contributed by atoms with Gasteiger partial charge in [-0.15, -0.1) is 0 Å². The van der Waals surface area contributed by atoms with Crippen molar-refractivity contribution >= 4 is 28.9 Å². The molecule has 0 fully saturated rings. The molecule has 0 aliphatic heterocycles. The van der Waals surface area contributed by atoms with Gasteiger partial charge in [-0.05, 0) is 42.4 Å². The van der Waals surface area contributed by atoms with Gasteiger partial charge >= 0.3 is 5.97 Å². The maximum absolute atomic E-state index is 11.8. The van der Waals surface area contributed by atoms with Crippen molar-refractivity contribution in [2.75, 3.05) is 7.11 Å². The average molecular weight is 312 g/mol. The number of rotatable bonds is 7. The highest BCUT2D eigenvalue weighted by Gasteiger charge is 2.20. The van der Waals surface area contributed by atoms with Gasteiger partial charge in [0.15, 0.2) is 0 Å². The van der Waals surface area contributed by atoms with E-state index in [1.165, 1.54) is 7.11 Å². The number of thioether (sulfide) groups is 1. The molecule has 0 aliphatic carbocycles. The predicted octanol–water partition coefficient (Wildman–Crippen LogP) is 1.22. The lowest BCUT2D eigenvalue weighted by Gasteiger charge is -2.13. The van der Waals surface area contributed by atoms with Gasteiger partial charge in [0.05, 0.1) is 7.11 Å². The lowest BCUT2D eigenvalue weighted by atomic mass is 10.1. The normalized spacial score (nSPS) is 11.5. The number of nitrogens with one attached hydrogen (secondary N) is 1. The molecule has 0 saturated carbocycles. The third kappa shape index (κ3) is 6.17. The van der Waals surface area contributed by atoms with Gasteiger partial charge < -0.3 is 20.9 Å². The van der Waals surface area contributed by atoms with Crippen LogP contribution in [0.15, 0.2) is 29.2 Å². The third-order valence-electron chi connectivity index (χ3n) is 2.54. The predicted molar refractivity (Wildman–Crippen MR) is 77.2 cm³/mol. The molecule has 0 radical (unpaired) electrons. The van der Waals surface area contributed by atoms with Crippen molar-refractivity contribution in [3.8, 4) is 5.75 Å². The zero-order valence-electron chi connectivity index (χ0n) is 11.4. The first-order valence-electron chi connectivity index (χ1n) is 6.06. The first-order chi connectivity index (χ1) is 9.92. The van der Waals surface area contributed by atoms with E-state index in [9.17, 15) is 14.4 Å². The summed E-state index contributed by atoms with van der Waals surface area (Å²) in [5, 5.41) is 10.8. The zero-order chi connectivity index (χ0) is 15.8. The largest absolute Gasteiger partial charge is 0.497 e. The minimum Gasteiger partial charge on any atom is -0.497 e. The third-order valence-corrected chi connectivity index (χ3v) is 3.35. The van der Waals surface area contributed by atoms with Crippen molar-refractivity contribution in [1.82, 2.24) is 5.32 Å². The monoisotopic (exact) mass is 312 g/mol. The number of amides is 2. The molecule has 0 unspecified atom stereocenters. The van der Waals surface area contributed by atoms with Gasteiger partial charge in [0.2, 0.25) is 5.91 Å². The first-order valence-corrected chi connectivity index (χ1v) is 6.87. The van der Waals surface area contributed by atoms with Gasteiger partial charge in [-0.2, -0.15) is 0 Å². The molecule has 114 valence electrons. The van der Waals surface area contributed by atoms with Crippen molar-refractivity contribution < 1.29 is 24.2 Å². The standard InChI is InChI=1S/C13H16N2O5S/c1-20-8-2-4-9(5-3-8)21-13(19)15-10(12(17)18)6-7-11(14)16/h2-5,10H,6-7H2,1H3,(H2,14,16)(H,15,19)(H,17,18)/t10-/m0/s1. The average Bonchev–Trinajstić information content (AvgIpc) is 2.43. The maximum atomic E-state index is 11.8. The van der Waals surface area contributed by atoms with Crippen LogP contribution in [0.1, 0.15) is 12.8 Å². The number of ether oxygens (including phenoxy) is 1. The number of primary amides is 1. The lowest BCUT2D eigenvalue weighted by Crippen LogP contribution is -2.39.